The zero-order valence-electron chi connectivity index (χ0n) is 14.5. The molecule has 0 aliphatic rings. The molecular formula is C21H15N3O3. The van der Waals surface area contributed by atoms with Crippen molar-refractivity contribution < 1.29 is 9.21 Å². The zero-order valence-corrected chi connectivity index (χ0v) is 14.5. The Balaban J connectivity index is 1.84. The number of benzene rings is 2. The monoisotopic (exact) mass is 357 g/mol. The van der Waals surface area contributed by atoms with Crippen LogP contribution in [0.2, 0.25) is 0 Å². The van der Waals surface area contributed by atoms with E-state index in [1.807, 2.05) is 24.3 Å². The van der Waals surface area contributed by atoms with E-state index in [1.165, 1.54) is 6.08 Å². The average Bonchev–Trinajstić information content (AvgIpc) is 2.70. The predicted octanol–water partition coefficient (Wildman–Crippen LogP) is 3.24. The number of hydrogen-bond donors (Lipinski definition) is 1. The molecule has 0 fully saturated rings. The van der Waals surface area contributed by atoms with Crippen LogP contribution in [0.25, 0.3) is 17.0 Å². The predicted molar refractivity (Wildman–Crippen MR) is 103 cm³/mol. The summed E-state index contributed by atoms with van der Waals surface area (Å²) in [6, 6.07) is 19.6. The van der Waals surface area contributed by atoms with Crippen LogP contribution < -0.4 is 11.1 Å². The van der Waals surface area contributed by atoms with Crippen molar-refractivity contribution in [2.45, 2.75) is 6.92 Å². The van der Waals surface area contributed by atoms with Gasteiger partial charge in [-0.25, -0.2) is 10.2 Å². The number of hydrazone groups is 1. The van der Waals surface area contributed by atoms with E-state index >= 15 is 0 Å². The van der Waals surface area contributed by atoms with Crippen LogP contribution >= 0.6 is 0 Å². The first-order valence-electron chi connectivity index (χ1n) is 8.13. The van der Waals surface area contributed by atoms with E-state index in [1.54, 1.807) is 49.4 Å². The Morgan fingerprint density at radius 2 is 1.85 bits per heavy atom. The number of rotatable bonds is 4. The van der Waals surface area contributed by atoms with Crippen LogP contribution in [0.15, 0.2) is 80.5 Å². The summed E-state index contributed by atoms with van der Waals surface area (Å²) in [5.41, 5.74) is 3.37. The lowest BCUT2D eigenvalue weighted by Gasteiger charge is -2.03. The zero-order chi connectivity index (χ0) is 19.2. The molecule has 0 saturated carbocycles. The van der Waals surface area contributed by atoms with Crippen molar-refractivity contribution in [3.8, 4) is 6.07 Å². The highest BCUT2D eigenvalue weighted by atomic mass is 16.4. The van der Waals surface area contributed by atoms with Gasteiger partial charge in [-0.15, -0.1) is 0 Å². The van der Waals surface area contributed by atoms with Gasteiger partial charge in [0, 0.05) is 5.39 Å². The fraction of sp³-hybridized carbons (Fsp3) is 0.0476. The van der Waals surface area contributed by atoms with Crippen molar-refractivity contribution in [3.63, 3.8) is 0 Å². The van der Waals surface area contributed by atoms with Gasteiger partial charge in [0.2, 0.25) is 0 Å². The number of amides is 1. The maximum Gasteiger partial charge on any atom is 0.345 e. The van der Waals surface area contributed by atoms with Gasteiger partial charge in [0.05, 0.1) is 11.3 Å². The molecule has 2 aromatic carbocycles. The molecule has 0 spiro atoms. The van der Waals surface area contributed by atoms with Crippen molar-refractivity contribution in [1.29, 1.82) is 5.26 Å². The van der Waals surface area contributed by atoms with Crippen LogP contribution in [-0.4, -0.2) is 11.6 Å². The Bertz CT molecular complexity index is 1150. The first-order valence-corrected chi connectivity index (χ1v) is 8.13. The lowest BCUT2D eigenvalue weighted by Crippen LogP contribution is -2.22. The first kappa shape index (κ1) is 17.8. The lowest BCUT2D eigenvalue weighted by molar-refractivity contribution is -0.117. The third-order valence-electron chi connectivity index (χ3n) is 3.83. The maximum absolute atomic E-state index is 12.2. The maximum atomic E-state index is 12.2. The second kappa shape index (κ2) is 7.93. The second-order valence-corrected chi connectivity index (χ2v) is 5.70. The van der Waals surface area contributed by atoms with E-state index in [9.17, 15) is 14.9 Å². The molecule has 0 bridgehead atoms. The number of nitriles is 1. The third-order valence-corrected chi connectivity index (χ3v) is 3.83. The van der Waals surface area contributed by atoms with E-state index < -0.39 is 11.5 Å². The number of para-hydroxylation sites is 1. The Hall–Kier alpha value is -3.98. The normalized spacial score (nSPS) is 11.9. The summed E-state index contributed by atoms with van der Waals surface area (Å²) >= 11 is 0. The highest BCUT2D eigenvalue weighted by molar-refractivity contribution is 6.04. The Morgan fingerprint density at radius 3 is 2.59 bits per heavy atom. The van der Waals surface area contributed by atoms with Crippen LogP contribution in [-0.2, 0) is 4.79 Å². The summed E-state index contributed by atoms with van der Waals surface area (Å²) in [4.78, 5) is 24.3. The molecule has 0 atom stereocenters. The van der Waals surface area contributed by atoms with Gasteiger partial charge in [-0.05, 0) is 30.7 Å². The molecule has 27 heavy (non-hydrogen) atoms. The molecular weight excluding hydrogens is 342 g/mol. The smallest absolute Gasteiger partial charge is 0.345 e. The van der Waals surface area contributed by atoms with Gasteiger partial charge in [0.15, 0.2) is 0 Å². The Morgan fingerprint density at radius 1 is 1.15 bits per heavy atom. The lowest BCUT2D eigenvalue weighted by atomic mass is 10.1. The summed E-state index contributed by atoms with van der Waals surface area (Å²) in [5, 5.41) is 13.9. The highest BCUT2D eigenvalue weighted by Crippen LogP contribution is 2.13. The SMILES string of the molecule is C/C(=N\NC(=O)/C(C#N)=C\c1ccccc1)c1cc2ccccc2oc1=O. The average molecular weight is 357 g/mol. The van der Waals surface area contributed by atoms with Gasteiger partial charge in [0.25, 0.3) is 5.91 Å². The molecule has 6 heteroatoms. The quantitative estimate of drug-likeness (QED) is 0.255. The van der Waals surface area contributed by atoms with Crippen molar-refractivity contribution in [3.05, 3.63) is 87.8 Å². The van der Waals surface area contributed by atoms with Crippen molar-refractivity contribution in [2.75, 3.05) is 0 Å². The Labute approximate surface area is 155 Å². The highest BCUT2D eigenvalue weighted by Gasteiger charge is 2.11. The van der Waals surface area contributed by atoms with Crippen molar-refractivity contribution in [1.82, 2.24) is 5.43 Å². The topological polar surface area (TPSA) is 95.5 Å². The molecule has 1 heterocycles. The van der Waals surface area contributed by atoms with Crippen LogP contribution in [0, 0.1) is 11.3 Å². The number of fused-ring (bicyclic) bond motifs is 1. The van der Waals surface area contributed by atoms with Gasteiger partial charge in [-0.1, -0.05) is 48.5 Å². The van der Waals surface area contributed by atoms with Crippen molar-refractivity contribution in [2.24, 2.45) is 5.10 Å². The van der Waals surface area contributed by atoms with Gasteiger partial charge in [0.1, 0.15) is 17.2 Å². The molecule has 1 amide bonds. The number of nitrogens with one attached hydrogen (secondary N) is 1. The van der Waals surface area contributed by atoms with E-state index in [-0.39, 0.29) is 16.8 Å². The van der Waals surface area contributed by atoms with Gasteiger partial charge in [-0.2, -0.15) is 10.4 Å². The fourth-order valence-electron chi connectivity index (χ4n) is 2.43. The minimum atomic E-state index is -0.661. The molecule has 0 radical (unpaired) electrons. The summed E-state index contributed by atoms with van der Waals surface area (Å²) in [6.07, 6.45) is 1.46. The Kier molecular flexibility index (Phi) is 5.24. The number of carbonyl (C=O) groups excluding carboxylic acids is 1. The molecule has 6 nitrogen and oxygen atoms in total. The summed E-state index contributed by atoms with van der Waals surface area (Å²) in [5.74, 6) is -0.661. The van der Waals surface area contributed by atoms with Crippen LogP contribution in [0.5, 0.6) is 0 Å². The van der Waals surface area contributed by atoms with Gasteiger partial charge in [-0.3, -0.25) is 4.79 Å². The van der Waals surface area contributed by atoms with Crippen LogP contribution in [0.3, 0.4) is 0 Å². The molecule has 3 aromatic rings. The second-order valence-electron chi connectivity index (χ2n) is 5.70. The number of nitrogens with zero attached hydrogens (tertiary/aromatic N) is 2. The van der Waals surface area contributed by atoms with Gasteiger partial charge < -0.3 is 4.42 Å². The minimum Gasteiger partial charge on any atom is -0.422 e. The molecule has 3 rings (SSSR count). The summed E-state index contributed by atoms with van der Waals surface area (Å²) in [6.45, 7) is 1.58. The van der Waals surface area contributed by atoms with E-state index in [2.05, 4.69) is 10.5 Å². The van der Waals surface area contributed by atoms with E-state index in [0.717, 1.165) is 10.9 Å². The standard InChI is InChI=1S/C21H15N3O3/c1-14(18-12-16-9-5-6-10-19(16)27-21(18)26)23-24-20(25)17(13-22)11-15-7-3-2-4-8-15/h2-12H,1H3,(H,24,25)/b17-11-,23-14+. The molecule has 132 valence electrons. The largest absolute Gasteiger partial charge is 0.422 e. The van der Waals surface area contributed by atoms with E-state index in [0.29, 0.717) is 5.58 Å². The van der Waals surface area contributed by atoms with Crippen LogP contribution in [0.1, 0.15) is 18.1 Å². The molecule has 0 aliphatic heterocycles. The summed E-state index contributed by atoms with van der Waals surface area (Å²) < 4.78 is 5.26. The number of hydrogen-bond acceptors (Lipinski definition) is 5. The van der Waals surface area contributed by atoms with Crippen molar-refractivity contribution >= 4 is 28.7 Å². The molecule has 1 N–H and O–H groups in total. The van der Waals surface area contributed by atoms with Gasteiger partial charge >= 0.3 is 5.63 Å². The molecule has 0 aliphatic carbocycles. The van der Waals surface area contributed by atoms with E-state index in [4.69, 9.17) is 4.42 Å². The van der Waals surface area contributed by atoms with Crippen LogP contribution in [0.4, 0.5) is 0 Å². The third kappa shape index (κ3) is 4.17. The molecule has 0 saturated heterocycles. The summed E-state index contributed by atoms with van der Waals surface area (Å²) in [7, 11) is 0. The first-order chi connectivity index (χ1) is 13.1. The molecule has 1 aromatic heterocycles. The fourth-order valence-corrected chi connectivity index (χ4v) is 2.43. The minimum absolute atomic E-state index is 0.0942. The number of carbonyl (C=O) groups is 1. The molecule has 0 unspecified atom stereocenters.